The number of benzene rings is 2. The lowest BCUT2D eigenvalue weighted by Gasteiger charge is -2.30. The summed E-state index contributed by atoms with van der Waals surface area (Å²) in [5.74, 6) is -1.62. The molecule has 0 aliphatic carbocycles. The van der Waals surface area contributed by atoms with Gasteiger partial charge in [0.25, 0.3) is 5.91 Å². The number of carbonyl (C=O) groups is 2. The molecule has 38 heavy (non-hydrogen) atoms. The number of aromatic nitrogens is 1. The van der Waals surface area contributed by atoms with Gasteiger partial charge in [0.1, 0.15) is 5.82 Å². The second-order valence-corrected chi connectivity index (χ2v) is 10.9. The molecule has 1 fully saturated rings. The monoisotopic (exact) mass is 519 g/mol. The molecule has 0 saturated carbocycles. The number of fused-ring (bicyclic) bond motifs is 3. The predicted molar refractivity (Wildman–Crippen MR) is 144 cm³/mol. The lowest BCUT2D eigenvalue weighted by Crippen LogP contribution is -2.37. The zero-order chi connectivity index (χ0) is 27.0. The normalized spacial score (nSPS) is 17.7. The topological polar surface area (TPSA) is 74.9 Å². The number of carbonyl (C=O) groups excluding carboxylic acids is 2. The first kappa shape index (κ1) is 26.1. The van der Waals surface area contributed by atoms with Crippen molar-refractivity contribution in [1.29, 1.82) is 0 Å². The average molecular weight is 520 g/mol. The number of nitrogens with zero attached hydrogens (tertiary/aromatic N) is 2. The molecule has 3 aromatic rings. The van der Waals surface area contributed by atoms with Crippen LogP contribution in [0.1, 0.15) is 54.9 Å². The highest BCUT2D eigenvalue weighted by molar-refractivity contribution is 6.18. The second kappa shape index (κ2) is 10.3. The van der Waals surface area contributed by atoms with Crippen molar-refractivity contribution >= 4 is 28.4 Å². The van der Waals surface area contributed by atoms with Gasteiger partial charge in [0.15, 0.2) is 0 Å². The number of para-hydroxylation sites is 1. The van der Waals surface area contributed by atoms with Crippen LogP contribution in [0.25, 0.3) is 16.5 Å². The molecule has 0 spiro atoms. The minimum atomic E-state index is -0.591. The number of nitrogens with one attached hydrogen (secondary N) is 1. The average Bonchev–Trinajstić information content (AvgIpc) is 3.22. The van der Waals surface area contributed by atoms with Crippen LogP contribution in [0.4, 0.5) is 4.39 Å². The van der Waals surface area contributed by atoms with Gasteiger partial charge in [0, 0.05) is 48.7 Å². The van der Waals surface area contributed by atoms with E-state index in [-0.39, 0.29) is 23.8 Å². The molecule has 0 atom stereocenters. The number of hydrogen-bond donors (Lipinski definition) is 1. The minimum Gasteiger partial charge on any atom is -0.459 e. The maximum absolute atomic E-state index is 15.1. The third kappa shape index (κ3) is 5.11. The van der Waals surface area contributed by atoms with Gasteiger partial charge in [-0.25, -0.2) is 9.18 Å². The third-order valence-electron chi connectivity index (χ3n) is 7.10. The van der Waals surface area contributed by atoms with Gasteiger partial charge >= 0.3 is 5.97 Å². The van der Waals surface area contributed by atoms with Crippen LogP contribution in [0.2, 0.25) is 0 Å². The molecule has 1 amide bonds. The Morgan fingerprint density at radius 2 is 1.87 bits per heavy atom. The highest BCUT2D eigenvalue weighted by atomic mass is 19.1. The highest BCUT2D eigenvalue weighted by Gasteiger charge is 2.38. The van der Waals surface area contributed by atoms with Crippen LogP contribution in [0.5, 0.6) is 0 Å². The van der Waals surface area contributed by atoms with Crippen LogP contribution < -0.4 is 0 Å². The Balaban J connectivity index is 1.56. The summed E-state index contributed by atoms with van der Waals surface area (Å²) in [5.41, 5.74) is 2.97. The van der Waals surface area contributed by atoms with Crippen molar-refractivity contribution in [2.45, 2.75) is 45.8 Å². The van der Waals surface area contributed by atoms with Crippen molar-refractivity contribution in [3.05, 3.63) is 76.9 Å². The summed E-state index contributed by atoms with van der Waals surface area (Å²) >= 11 is 0. The van der Waals surface area contributed by atoms with Crippen LogP contribution in [-0.4, -0.2) is 65.6 Å². The summed E-state index contributed by atoms with van der Waals surface area (Å²) in [4.78, 5) is 34.3. The molecule has 5 rings (SSSR count). The number of ether oxygens (including phenoxy) is 2. The van der Waals surface area contributed by atoms with Crippen LogP contribution >= 0.6 is 0 Å². The van der Waals surface area contributed by atoms with E-state index in [1.54, 1.807) is 26.0 Å². The van der Waals surface area contributed by atoms with Crippen molar-refractivity contribution < 1.29 is 23.5 Å². The van der Waals surface area contributed by atoms with E-state index in [1.165, 1.54) is 17.2 Å². The molecule has 3 heterocycles. The molecular formula is C30H34FN3O4. The molecular weight excluding hydrogens is 485 g/mol. The second-order valence-electron chi connectivity index (χ2n) is 10.9. The Labute approximate surface area is 222 Å². The van der Waals surface area contributed by atoms with E-state index in [9.17, 15) is 9.59 Å². The quantitative estimate of drug-likeness (QED) is 0.487. The van der Waals surface area contributed by atoms with Gasteiger partial charge in [0.2, 0.25) is 0 Å². The molecule has 1 saturated heterocycles. The van der Waals surface area contributed by atoms with Gasteiger partial charge in [-0.05, 0) is 43.2 Å². The molecule has 1 aromatic heterocycles. The van der Waals surface area contributed by atoms with Gasteiger partial charge in [-0.3, -0.25) is 9.69 Å². The van der Waals surface area contributed by atoms with Crippen molar-refractivity contribution in [2.75, 3.05) is 32.8 Å². The molecule has 200 valence electrons. The Morgan fingerprint density at radius 1 is 1.13 bits per heavy atom. The van der Waals surface area contributed by atoms with E-state index in [1.807, 2.05) is 38.1 Å². The maximum Gasteiger partial charge on any atom is 0.342 e. The zero-order valence-corrected chi connectivity index (χ0v) is 22.3. The summed E-state index contributed by atoms with van der Waals surface area (Å²) in [6, 6.07) is 12.5. The van der Waals surface area contributed by atoms with Gasteiger partial charge in [-0.2, -0.15) is 0 Å². The van der Waals surface area contributed by atoms with Crippen LogP contribution in [-0.2, 0) is 26.2 Å². The summed E-state index contributed by atoms with van der Waals surface area (Å²) in [6.07, 6.45) is 1.18. The lowest BCUT2D eigenvalue weighted by molar-refractivity contribution is -0.140. The lowest BCUT2D eigenvalue weighted by atomic mass is 9.81. The Morgan fingerprint density at radius 3 is 2.61 bits per heavy atom. The molecule has 0 unspecified atom stereocenters. The summed E-state index contributed by atoms with van der Waals surface area (Å²) in [6.45, 7) is 11.4. The fourth-order valence-electron chi connectivity index (χ4n) is 5.39. The third-order valence-corrected chi connectivity index (χ3v) is 7.10. The summed E-state index contributed by atoms with van der Waals surface area (Å²) in [7, 11) is 0. The van der Waals surface area contributed by atoms with Crippen molar-refractivity contribution in [3.8, 4) is 0 Å². The van der Waals surface area contributed by atoms with Gasteiger partial charge in [0.05, 0.1) is 36.1 Å². The maximum atomic E-state index is 15.1. The first-order valence-corrected chi connectivity index (χ1v) is 13.1. The standard InChI is InChI=1S/C30H34FN3O4/c1-19(2)38-29(36)23-17-34(18-30(3,4)26-21-7-5-6-8-25(21)32-27(23)26)28(35)22-15-20(9-10-24(22)31)16-33-11-13-37-14-12-33/h5-10,15,17,19,32H,11-14,16,18H2,1-4H3. The van der Waals surface area contributed by atoms with E-state index in [4.69, 9.17) is 9.47 Å². The molecule has 2 aliphatic heterocycles. The number of amides is 1. The van der Waals surface area contributed by atoms with Crippen molar-refractivity contribution in [1.82, 2.24) is 14.8 Å². The minimum absolute atomic E-state index is 0.0187. The molecule has 2 aliphatic rings. The number of H-pyrrole nitrogens is 1. The Bertz CT molecular complexity index is 1400. The first-order valence-electron chi connectivity index (χ1n) is 13.1. The SMILES string of the molecule is CC(C)OC(=O)C1=CN(C(=O)c2cc(CN3CCOCC3)ccc2F)CC(C)(C)c2c1[nH]c1ccccc21. The van der Waals surface area contributed by atoms with Crippen molar-refractivity contribution in [2.24, 2.45) is 0 Å². The smallest absolute Gasteiger partial charge is 0.342 e. The van der Waals surface area contributed by atoms with E-state index >= 15 is 4.39 Å². The number of halogens is 1. The largest absolute Gasteiger partial charge is 0.459 e. The Hall–Kier alpha value is -3.49. The van der Waals surface area contributed by atoms with E-state index < -0.39 is 23.1 Å². The molecule has 1 N–H and O–H groups in total. The van der Waals surface area contributed by atoms with E-state index in [2.05, 4.69) is 9.88 Å². The molecule has 2 aromatic carbocycles. The molecule has 0 radical (unpaired) electrons. The summed E-state index contributed by atoms with van der Waals surface area (Å²) < 4.78 is 26.1. The fourth-order valence-corrected chi connectivity index (χ4v) is 5.39. The number of esters is 1. The number of hydrogen-bond acceptors (Lipinski definition) is 5. The number of aromatic amines is 1. The number of morpholine rings is 1. The predicted octanol–water partition coefficient (Wildman–Crippen LogP) is 4.87. The first-order chi connectivity index (χ1) is 18.1. The molecule has 8 heteroatoms. The van der Waals surface area contributed by atoms with Gasteiger partial charge in [-0.1, -0.05) is 38.1 Å². The van der Waals surface area contributed by atoms with Crippen LogP contribution in [0.15, 0.2) is 48.7 Å². The number of rotatable bonds is 5. The van der Waals surface area contributed by atoms with E-state index in [0.717, 1.165) is 35.1 Å². The molecule has 7 nitrogen and oxygen atoms in total. The van der Waals surface area contributed by atoms with Gasteiger partial charge in [-0.15, -0.1) is 0 Å². The van der Waals surface area contributed by atoms with E-state index in [0.29, 0.717) is 25.5 Å². The Kier molecular flexibility index (Phi) is 7.11. The fraction of sp³-hybridized carbons (Fsp3) is 0.400. The van der Waals surface area contributed by atoms with Crippen LogP contribution in [0.3, 0.4) is 0 Å². The van der Waals surface area contributed by atoms with Gasteiger partial charge < -0.3 is 19.4 Å². The molecule has 0 bridgehead atoms. The summed E-state index contributed by atoms with van der Waals surface area (Å²) in [5, 5.41) is 0.976. The van der Waals surface area contributed by atoms with Crippen LogP contribution in [0, 0.1) is 5.82 Å². The van der Waals surface area contributed by atoms with Crippen molar-refractivity contribution in [3.63, 3.8) is 0 Å². The highest BCUT2D eigenvalue weighted by Crippen LogP contribution is 2.40. The zero-order valence-electron chi connectivity index (χ0n) is 22.3.